The molecule has 1 aromatic carbocycles. The van der Waals surface area contributed by atoms with Crippen LogP contribution in [-0.4, -0.2) is 4.98 Å². The SMILES string of the molecule is Cc1ccc2nc(-c3ccc(CN)o3)sc2c1. The van der Waals surface area contributed by atoms with Crippen molar-refractivity contribution in [2.24, 2.45) is 5.73 Å². The first-order chi connectivity index (χ1) is 8.26. The van der Waals surface area contributed by atoms with Gasteiger partial charge < -0.3 is 10.2 Å². The van der Waals surface area contributed by atoms with Crippen molar-refractivity contribution >= 4 is 21.6 Å². The van der Waals surface area contributed by atoms with Crippen LogP contribution in [0, 0.1) is 6.92 Å². The fraction of sp³-hybridized carbons (Fsp3) is 0.154. The van der Waals surface area contributed by atoms with Crippen molar-refractivity contribution in [2.75, 3.05) is 0 Å². The van der Waals surface area contributed by atoms with E-state index in [1.54, 1.807) is 11.3 Å². The summed E-state index contributed by atoms with van der Waals surface area (Å²) in [7, 11) is 0. The second-order valence-electron chi connectivity index (χ2n) is 3.96. The van der Waals surface area contributed by atoms with Crippen LogP contribution in [-0.2, 0) is 6.54 Å². The average molecular weight is 244 g/mol. The molecule has 0 amide bonds. The molecule has 0 unspecified atom stereocenters. The summed E-state index contributed by atoms with van der Waals surface area (Å²) in [5.41, 5.74) is 7.79. The van der Waals surface area contributed by atoms with Crippen LogP contribution >= 0.6 is 11.3 Å². The molecular weight excluding hydrogens is 232 g/mol. The fourth-order valence-corrected chi connectivity index (χ4v) is 2.77. The molecule has 0 saturated carbocycles. The van der Waals surface area contributed by atoms with E-state index in [0.717, 1.165) is 22.0 Å². The molecule has 2 heterocycles. The molecule has 86 valence electrons. The van der Waals surface area contributed by atoms with Crippen LogP contribution in [0.3, 0.4) is 0 Å². The van der Waals surface area contributed by atoms with Crippen molar-refractivity contribution in [1.82, 2.24) is 4.98 Å². The lowest BCUT2D eigenvalue weighted by Gasteiger charge is -1.88. The summed E-state index contributed by atoms with van der Waals surface area (Å²) in [6.45, 7) is 2.50. The van der Waals surface area contributed by atoms with Crippen LogP contribution in [0.4, 0.5) is 0 Å². The van der Waals surface area contributed by atoms with Gasteiger partial charge in [0.05, 0.1) is 16.8 Å². The number of benzene rings is 1. The Morgan fingerprint density at radius 2 is 2.18 bits per heavy atom. The lowest BCUT2D eigenvalue weighted by atomic mass is 10.2. The lowest BCUT2D eigenvalue weighted by Crippen LogP contribution is -1.92. The molecule has 0 aliphatic heterocycles. The van der Waals surface area contributed by atoms with Crippen molar-refractivity contribution in [2.45, 2.75) is 13.5 Å². The quantitative estimate of drug-likeness (QED) is 0.752. The zero-order valence-corrected chi connectivity index (χ0v) is 10.3. The minimum absolute atomic E-state index is 0.421. The third-order valence-electron chi connectivity index (χ3n) is 2.62. The number of thiazole rings is 1. The Morgan fingerprint density at radius 1 is 1.29 bits per heavy atom. The first kappa shape index (κ1) is 10.5. The van der Waals surface area contributed by atoms with Gasteiger partial charge in [-0.15, -0.1) is 11.3 Å². The number of nitrogens with zero attached hydrogens (tertiary/aromatic N) is 1. The predicted molar refractivity (Wildman–Crippen MR) is 70.0 cm³/mol. The number of hydrogen-bond donors (Lipinski definition) is 1. The van der Waals surface area contributed by atoms with Gasteiger partial charge in [-0.2, -0.15) is 0 Å². The monoisotopic (exact) mass is 244 g/mol. The Bertz CT molecular complexity index is 669. The van der Waals surface area contributed by atoms with E-state index >= 15 is 0 Å². The van der Waals surface area contributed by atoms with Crippen molar-refractivity contribution in [1.29, 1.82) is 0 Å². The van der Waals surface area contributed by atoms with E-state index in [9.17, 15) is 0 Å². The second kappa shape index (κ2) is 3.98. The normalized spacial score (nSPS) is 11.2. The summed E-state index contributed by atoms with van der Waals surface area (Å²) >= 11 is 1.64. The largest absolute Gasteiger partial charge is 0.457 e. The van der Waals surface area contributed by atoms with Crippen molar-refractivity contribution < 1.29 is 4.42 Å². The van der Waals surface area contributed by atoms with E-state index in [-0.39, 0.29) is 0 Å². The van der Waals surface area contributed by atoms with Gasteiger partial charge in [0.15, 0.2) is 10.8 Å². The van der Waals surface area contributed by atoms with Gasteiger partial charge in [0, 0.05) is 0 Å². The number of aryl methyl sites for hydroxylation is 1. The predicted octanol–water partition coefficient (Wildman–Crippen LogP) is 3.32. The molecule has 0 atom stereocenters. The highest BCUT2D eigenvalue weighted by Gasteiger charge is 2.09. The molecule has 0 spiro atoms. The summed E-state index contributed by atoms with van der Waals surface area (Å²) in [5, 5.41) is 0.908. The van der Waals surface area contributed by atoms with Gasteiger partial charge in [-0.05, 0) is 36.8 Å². The highest BCUT2D eigenvalue weighted by molar-refractivity contribution is 7.21. The number of furan rings is 1. The standard InChI is InChI=1S/C13H12N2OS/c1-8-2-4-10-12(6-8)17-13(15-10)11-5-3-9(7-14)16-11/h2-6H,7,14H2,1H3. The molecule has 2 aromatic heterocycles. The van der Waals surface area contributed by atoms with Crippen LogP contribution in [0.2, 0.25) is 0 Å². The Hall–Kier alpha value is -1.65. The number of nitrogens with two attached hydrogens (primary N) is 1. The second-order valence-corrected chi connectivity index (χ2v) is 4.99. The van der Waals surface area contributed by atoms with Crippen LogP contribution in [0.25, 0.3) is 21.0 Å². The van der Waals surface area contributed by atoms with Gasteiger partial charge in [0.2, 0.25) is 0 Å². The molecule has 4 heteroatoms. The van der Waals surface area contributed by atoms with E-state index in [1.165, 1.54) is 10.3 Å². The molecule has 2 N–H and O–H groups in total. The zero-order chi connectivity index (χ0) is 11.8. The highest BCUT2D eigenvalue weighted by atomic mass is 32.1. The van der Waals surface area contributed by atoms with Crippen LogP contribution in [0.15, 0.2) is 34.7 Å². The number of aromatic nitrogens is 1. The topological polar surface area (TPSA) is 52.0 Å². The molecular formula is C13H12N2OS. The molecule has 0 bridgehead atoms. The first-order valence-electron chi connectivity index (χ1n) is 5.42. The average Bonchev–Trinajstić information content (AvgIpc) is 2.93. The van der Waals surface area contributed by atoms with Crippen LogP contribution in [0.1, 0.15) is 11.3 Å². The summed E-state index contributed by atoms with van der Waals surface area (Å²) in [6.07, 6.45) is 0. The maximum absolute atomic E-state index is 5.60. The van der Waals surface area contributed by atoms with Crippen LogP contribution in [0.5, 0.6) is 0 Å². The first-order valence-corrected chi connectivity index (χ1v) is 6.24. The summed E-state index contributed by atoms with van der Waals surface area (Å²) in [6, 6.07) is 10.1. The van der Waals surface area contributed by atoms with Crippen molar-refractivity contribution in [3.63, 3.8) is 0 Å². The zero-order valence-electron chi connectivity index (χ0n) is 9.43. The Labute approximate surface area is 103 Å². The van der Waals surface area contributed by atoms with Crippen molar-refractivity contribution in [3.05, 3.63) is 41.7 Å². The molecule has 0 aliphatic rings. The van der Waals surface area contributed by atoms with Gasteiger partial charge in [-0.25, -0.2) is 4.98 Å². The smallest absolute Gasteiger partial charge is 0.163 e. The van der Waals surface area contributed by atoms with E-state index in [2.05, 4.69) is 24.0 Å². The van der Waals surface area contributed by atoms with E-state index < -0.39 is 0 Å². The molecule has 0 saturated heterocycles. The third kappa shape index (κ3) is 1.85. The van der Waals surface area contributed by atoms with E-state index in [0.29, 0.717) is 6.54 Å². The van der Waals surface area contributed by atoms with Gasteiger partial charge >= 0.3 is 0 Å². The molecule has 0 radical (unpaired) electrons. The van der Waals surface area contributed by atoms with Gasteiger partial charge in [0.1, 0.15) is 5.76 Å². The maximum atomic E-state index is 5.60. The maximum Gasteiger partial charge on any atom is 0.163 e. The minimum atomic E-state index is 0.421. The number of hydrogen-bond acceptors (Lipinski definition) is 4. The van der Waals surface area contributed by atoms with E-state index in [4.69, 9.17) is 10.2 Å². The Kier molecular flexibility index (Phi) is 2.46. The van der Waals surface area contributed by atoms with E-state index in [1.807, 2.05) is 18.2 Å². The van der Waals surface area contributed by atoms with Gasteiger partial charge in [-0.3, -0.25) is 0 Å². The van der Waals surface area contributed by atoms with Crippen LogP contribution < -0.4 is 5.73 Å². The van der Waals surface area contributed by atoms with Gasteiger partial charge in [-0.1, -0.05) is 6.07 Å². The fourth-order valence-electron chi connectivity index (χ4n) is 1.74. The molecule has 17 heavy (non-hydrogen) atoms. The summed E-state index contributed by atoms with van der Waals surface area (Å²) in [4.78, 5) is 4.56. The Morgan fingerprint density at radius 3 is 2.94 bits per heavy atom. The van der Waals surface area contributed by atoms with Gasteiger partial charge in [0.25, 0.3) is 0 Å². The lowest BCUT2D eigenvalue weighted by molar-refractivity contribution is 0.525. The highest BCUT2D eigenvalue weighted by Crippen LogP contribution is 2.31. The summed E-state index contributed by atoms with van der Waals surface area (Å²) < 4.78 is 6.79. The third-order valence-corrected chi connectivity index (χ3v) is 3.65. The Balaban J connectivity index is 2.11. The summed E-state index contributed by atoms with van der Waals surface area (Å²) in [5.74, 6) is 1.58. The molecule has 0 fully saturated rings. The minimum Gasteiger partial charge on any atom is -0.457 e. The molecule has 3 nitrogen and oxygen atoms in total. The number of fused-ring (bicyclic) bond motifs is 1. The molecule has 0 aliphatic carbocycles. The number of rotatable bonds is 2. The molecule has 3 rings (SSSR count). The van der Waals surface area contributed by atoms with Crippen molar-refractivity contribution in [3.8, 4) is 10.8 Å². The molecule has 3 aromatic rings.